The number of rotatable bonds is 8. The summed E-state index contributed by atoms with van der Waals surface area (Å²) in [6, 6.07) is 15.6. The maximum Gasteiger partial charge on any atom is 0.258 e. The van der Waals surface area contributed by atoms with Crippen LogP contribution in [0.15, 0.2) is 59.5 Å². The van der Waals surface area contributed by atoms with Crippen molar-refractivity contribution < 1.29 is 17.9 Å². The first kappa shape index (κ1) is 20.4. The molecule has 1 fully saturated rings. The molecule has 0 saturated heterocycles. The van der Waals surface area contributed by atoms with Crippen molar-refractivity contribution >= 4 is 15.9 Å². The molecule has 28 heavy (non-hydrogen) atoms. The van der Waals surface area contributed by atoms with Crippen LogP contribution in [0.2, 0.25) is 0 Å². The van der Waals surface area contributed by atoms with E-state index in [1.54, 1.807) is 12.1 Å². The van der Waals surface area contributed by atoms with E-state index in [0.717, 1.165) is 31.2 Å². The lowest BCUT2D eigenvalue weighted by Gasteiger charge is -2.22. The average Bonchev–Trinajstić information content (AvgIpc) is 2.73. The van der Waals surface area contributed by atoms with Gasteiger partial charge in [-0.1, -0.05) is 49.6 Å². The molecule has 0 heterocycles. The third kappa shape index (κ3) is 6.07. The predicted octanol–water partition coefficient (Wildman–Crippen LogP) is 2.99. The lowest BCUT2D eigenvalue weighted by Crippen LogP contribution is -2.38. The van der Waals surface area contributed by atoms with E-state index in [2.05, 4.69) is 10.0 Å². The summed E-state index contributed by atoms with van der Waals surface area (Å²) in [5, 5.41) is 2.99. The normalized spacial score (nSPS) is 15.1. The van der Waals surface area contributed by atoms with Crippen LogP contribution in [-0.4, -0.2) is 27.0 Å². The van der Waals surface area contributed by atoms with Gasteiger partial charge in [-0.2, -0.15) is 0 Å². The molecule has 2 N–H and O–H groups in total. The Hall–Kier alpha value is -2.38. The molecule has 1 saturated carbocycles. The lowest BCUT2D eigenvalue weighted by atomic mass is 9.95. The molecule has 0 atom stereocenters. The van der Waals surface area contributed by atoms with Gasteiger partial charge in [0.05, 0.1) is 4.90 Å². The Morgan fingerprint density at radius 3 is 2.32 bits per heavy atom. The third-order valence-corrected chi connectivity index (χ3v) is 6.20. The van der Waals surface area contributed by atoms with E-state index >= 15 is 0 Å². The van der Waals surface area contributed by atoms with E-state index < -0.39 is 10.0 Å². The van der Waals surface area contributed by atoms with Crippen molar-refractivity contribution in [1.29, 1.82) is 0 Å². The van der Waals surface area contributed by atoms with Crippen LogP contribution in [0.1, 0.15) is 37.7 Å². The summed E-state index contributed by atoms with van der Waals surface area (Å²) in [5.41, 5.74) is 0.884. The summed E-state index contributed by atoms with van der Waals surface area (Å²) in [7, 11) is -3.61. The van der Waals surface area contributed by atoms with Gasteiger partial charge in [-0.15, -0.1) is 0 Å². The maximum atomic E-state index is 12.4. The molecule has 1 amide bonds. The number of carbonyl (C=O) groups is 1. The largest absolute Gasteiger partial charge is 0.484 e. The Morgan fingerprint density at radius 1 is 0.964 bits per heavy atom. The number of nitrogens with one attached hydrogen (secondary N) is 2. The number of hydrogen-bond donors (Lipinski definition) is 2. The van der Waals surface area contributed by atoms with Gasteiger partial charge in [-0.05, 0) is 42.7 Å². The second-order valence-corrected chi connectivity index (χ2v) is 8.74. The van der Waals surface area contributed by atoms with Crippen molar-refractivity contribution in [3.8, 4) is 5.75 Å². The summed E-state index contributed by atoms with van der Waals surface area (Å²) in [6.45, 7) is 0.150. The molecule has 2 aromatic rings. The monoisotopic (exact) mass is 402 g/mol. The summed E-state index contributed by atoms with van der Waals surface area (Å²) in [5.74, 6) is 0.314. The molecular weight excluding hydrogens is 376 g/mol. The number of carbonyl (C=O) groups excluding carboxylic acids is 1. The molecule has 3 rings (SSSR count). The topological polar surface area (TPSA) is 84.5 Å². The molecule has 1 aliphatic carbocycles. The summed E-state index contributed by atoms with van der Waals surface area (Å²) in [6.07, 6.45) is 5.58. The van der Waals surface area contributed by atoms with Crippen LogP contribution < -0.4 is 14.8 Å². The summed E-state index contributed by atoms with van der Waals surface area (Å²) in [4.78, 5) is 12.1. The zero-order valence-corrected chi connectivity index (χ0v) is 16.6. The molecule has 0 radical (unpaired) electrons. The minimum Gasteiger partial charge on any atom is -0.484 e. The zero-order chi connectivity index (χ0) is 19.8. The van der Waals surface area contributed by atoms with E-state index in [-0.39, 0.29) is 30.0 Å². The molecule has 0 aromatic heterocycles. The van der Waals surface area contributed by atoms with Gasteiger partial charge in [0.25, 0.3) is 5.91 Å². The fourth-order valence-corrected chi connectivity index (χ4v) is 4.26. The highest BCUT2D eigenvalue weighted by Crippen LogP contribution is 2.18. The maximum absolute atomic E-state index is 12.4. The fraction of sp³-hybridized carbons (Fsp3) is 0.381. The smallest absolute Gasteiger partial charge is 0.258 e. The Balaban J connectivity index is 1.48. The van der Waals surface area contributed by atoms with E-state index in [0.29, 0.717) is 5.75 Å². The van der Waals surface area contributed by atoms with Crippen LogP contribution in [0.25, 0.3) is 0 Å². The van der Waals surface area contributed by atoms with Crippen LogP contribution >= 0.6 is 0 Å². The first-order valence-corrected chi connectivity index (χ1v) is 11.1. The first-order valence-electron chi connectivity index (χ1n) is 9.59. The van der Waals surface area contributed by atoms with Gasteiger partial charge in [0.1, 0.15) is 5.75 Å². The Kier molecular flexibility index (Phi) is 7.06. The quantitative estimate of drug-likeness (QED) is 0.711. The van der Waals surface area contributed by atoms with E-state index in [9.17, 15) is 13.2 Å². The zero-order valence-electron chi connectivity index (χ0n) is 15.8. The molecule has 0 spiro atoms. The highest BCUT2D eigenvalue weighted by molar-refractivity contribution is 7.89. The molecule has 6 nitrogen and oxygen atoms in total. The van der Waals surface area contributed by atoms with Crippen molar-refractivity contribution in [3.05, 3.63) is 60.2 Å². The van der Waals surface area contributed by atoms with Crippen LogP contribution in [0, 0.1) is 0 Å². The average molecular weight is 403 g/mol. The molecule has 0 aliphatic heterocycles. The molecular formula is C21H26N2O4S. The van der Waals surface area contributed by atoms with Crippen molar-refractivity contribution in [2.75, 3.05) is 6.61 Å². The Bertz CT molecular complexity index is 861. The van der Waals surface area contributed by atoms with Crippen LogP contribution in [-0.2, 0) is 21.4 Å². The van der Waals surface area contributed by atoms with Crippen LogP contribution in [0.5, 0.6) is 5.75 Å². The minimum atomic E-state index is -3.61. The van der Waals surface area contributed by atoms with Crippen molar-refractivity contribution in [2.45, 2.75) is 49.6 Å². The van der Waals surface area contributed by atoms with Gasteiger partial charge in [-0.3, -0.25) is 4.79 Å². The highest BCUT2D eigenvalue weighted by atomic mass is 32.2. The molecule has 0 bridgehead atoms. The molecule has 2 aromatic carbocycles. The van der Waals surface area contributed by atoms with Gasteiger partial charge >= 0.3 is 0 Å². The molecule has 1 aliphatic rings. The summed E-state index contributed by atoms with van der Waals surface area (Å²) >= 11 is 0. The third-order valence-electron chi connectivity index (χ3n) is 4.78. The Morgan fingerprint density at radius 2 is 1.64 bits per heavy atom. The number of amides is 1. The lowest BCUT2D eigenvalue weighted by molar-refractivity contribution is -0.124. The highest BCUT2D eigenvalue weighted by Gasteiger charge is 2.16. The van der Waals surface area contributed by atoms with E-state index in [1.165, 1.54) is 18.6 Å². The second kappa shape index (κ2) is 9.71. The number of benzene rings is 2. The fourth-order valence-electron chi connectivity index (χ4n) is 3.24. The number of ether oxygens (including phenoxy) is 1. The van der Waals surface area contributed by atoms with Crippen molar-refractivity contribution in [2.24, 2.45) is 0 Å². The van der Waals surface area contributed by atoms with Gasteiger partial charge in [0.15, 0.2) is 6.61 Å². The SMILES string of the molecule is O=C(COc1ccc(S(=O)(=O)NCc2ccccc2)cc1)NC1CCCCC1. The molecule has 150 valence electrons. The molecule has 0 unspecified atom stereocenters. The van der Waals surface area contributed by atoms with Crippen molar-refractivity contribution in [3.63, 3.8) is 0 Å². The van der Waals surface area contributed by atoms with Gasteiger partial charge < -0.3 is 10.1 Å². The standard InChI is InChI=1S/C21H26N2O4S/c24-21(23-18-9-5-2-6-10-18)16-27-19-11-13-20(14-12-19)28(25,26)22-15-17-7-3-1-4-8-17/h1,3-4,7-8,11-14,18,22H,2,5-6,9-10,15-16H2,(H,23,24). The Labute approximate surface area is 166 Å². The number of hydrogen-bond acceptors (Lipinski definition) is 4. The van der Waals surface area contributed by atoms with E-state index in [4.69, 9.17) is 4.74 Å². The van der Waals surface area contributed by atoms with Gasteiger partial charge in [0.2, 0.25) is 10.0 Å². The number of sulfonamides is 1. The van der Waals surface area contributed by atoms with Crippen LogP contribution in [0.4, 0.5) is 0 Å². The summed E-state index contributed by atoms with van der Waals surface area (Å²) < 4.78 is 32.8. The predicted molar refractivity (Wildman–Crippen MR) is 107 cm³/mol. The molecule has 7 heteroatoms. The first-order chi connectivity index (χ1) is 13.5. The van der Waals surface area contributed by atoms with E-state index in [1.807, 2.05) is 30.3 Å². The van der Waals surface area contributed by atoms with Crippen LogP contribution in [0.3, 0.4) is 0 Å². The van der Waals surface area contributed by atoms with Crippen molar-refractivity contribution in [1.82, 2.24) is 10.0 Å². The van der Waals surface area contributed by atoms with Gasteiger partial charge in [0, 0.05) is 12.6 Å². The second-order valence-electron chi connectivity index (χ2n) is 6.97. The minimum absolute atomic E-state index is 0.0745. The van der Waals surface area contributed by atoms with Gasteiger partial charge in [-0.25, -0.2) is 13.1 Å².